The van der Waals surface area contributed by atoms with Gasteiger partial charge in [0.1, 0.15) is 0 Å². The molecular weight excluding hydrogens is 274 g/mol. The van der Waals surface area contributed by atoms with Crippen molar-refractivity contribution in [3.05, 3.63) is 33.2 Å². The van der Waals surface area contributed by atoms with Crippen LogP contribution in [-0.2, 0) is 11.3 Å². The van der Waals surface area contributed by atoms with Crippen molar-refractivity contribution in [3.8, 4) is 0 Å². The largest absolute Gasteiger partial charge is 0.355 e. The van der Waals surface area contributed by atoms with Gasteiger partial charge in [-0.1, -0.05) is 0 Å². The number of carbonyl (C=O) groups is 1. The Kier molecular flexibility index (Phi) is 5.21. The first-order valence-electron chi connectivity index (χ1n) is 4.96. The Morgan fingerprint density at radius 2 is 2.25 bits per heavy atom. The lowest BCUT2D eigenvalue weighted by Gasteiger charge is -2.06. The van der Waals surface area contributed by atoms with E-state index in [0.717, 1.165) is 4.47 Å². The van der Waals surface area contributed by atoms with Crippen LogP contribution in [0, 0.1) is 0 Å². The lowest BCUT2D eigenvalue weighted by Crippen LogP contribution is -2.30. The van der Waals surface area contributed by atoms with Gasteiger partial charge in [-0.25, -0.2) is 0 Å². The number of pyridine rings is 1. The van der Waals surface area contributed by atoms with Gasteiger partial charge in [0.25, 0.3) is 5.56 Å². The fourth-order valence-electron chi connectivity index (χ4n) is 1.20. The van der Waals surface area contributed by atoms with Gasteiger partial charge in [-0.05, 0) is 22.0 Å². The number of aromatic nitrogens is 1. The molecule has 0 aliphatic rings. The maximum absolute atomic E-state index is 11.4. The van der Waals surface area contributed by atoms with E-state index in [0.29, 0.717) is 19.6 Å². The van der Waals surface area contributed by atoms with Gasteiger partial charge in [-0.2, -0.15) is 0 Å². The van der Waals surface area contributed by atoms with Gasteiger partial charge in [0.05, 0.1) is 0 Å². The second-order valence-corrected chi connectivity index (χ2v) is 4.18. The Hall–Kier alpha value is -1.14. The molecule has 0 spiro atoms. The molecule has 6 heteroatoms. The number of carbonyl (C=O) groups excluding carboxylic acids is 1. The zero-order valence-electron chi connectivity index (χ0n) is 8.78. The van der Waals surface area contributed by atoms with Gasteiger partial charge in [0.2, 0.25) is 5.91 Å². The van der Waals surface area contributed by atoms with Crippen molar-refractivity contribution in [3.63, 3.8) is 0 Å². The second-order valence-electron chi connectivity index (χ2n) is 3.27. The van der Waals surface area contributed by atoms with Crippen LogP contribution in [0.4, 0.5) is 0 Å². The maximum atomic E-state index is 11.4. The summed E-state index contributed by atoms with van der Waals surface area (Å²) in [7, 11) is 0. The number of rotatable bonds is 5. The van der Waals surface area contributed by atoms with E-state index in [9.17, 15) is 9.59 Å². The normalized spacial score (nSPS) is 10.1. The monoisotopic (exact) mass is 287 g/mol. The fraction of sp³-hybridized carbons (Fsp3) is 0.400. The van der Waals surface area contributed by atoms with Crippen LogP contribution < -0.4 is 16.6 Å². The highest BCUT2D eigenvalue weighted by Gasteiger charge is 2.02. The summed E-state index contributed by atoms with van der Waals surface area (Å²) in [6, 6.07) is 3.13. The third-order valence-electron chi connectivity index (χ3n) is 1.99. The Labute approximate surface area is 102 Å². The third kappa shape index (κ3) is 4.16. The standard InChI is InChI=1S/C10H14BrN3O2/c11-8-1-2-10(16)14(7-8)6-3-9(15)13-5-4-12/h1-2,7H,3-6,12H2,(H,13,15). The van der Waals surface area contributed by atoms with Crippen LogP contribution in [0.2, 0.25) is 0 Å². The van der Waals surface area contributed by atoms with Crippen LogP contribution in [0.15, 0.2) is 27.6 Å². The molecule has 5 nitrogen and oxygen atoms in total. The van der Waals surface area contributed by atoms with E-state index in [1.807, 2.05) is 0 Å². The predicted octanol–water partition coefficient (Wildman–Crippen LogP) is 0.0758. The smallest absolute Gasteiger partial charge is 0.250 e. The first-order chi connectivity index (χ1) is 7.63. The quantitative estimate of drug-likeness (QED) is 0.805. The summed E-state index contributed by atoms with van der Waals surface area (Å²) in [6.07, 6.45) is 1.94. The van der Waals surface area contributed by atoms with Crippen molar-refractivity contribution in [2.75, 3.05) is 13.1 Å². The highest BCUT2D eigenvalue weighted by atomic mass is 79.9. The van der Waals surface area contributed by atoms with Crippen LogP contribution in [-0.4, -0.2) is 23.6 Å². The molecule has 0 aliphatic carbocycles. The minimum absolute atomic E-state index is 0.0997. The van der Waals surface area contributed by atoms with Gasteiger partial charge in [-0.3, -0.25) is 9.59 Å². The number of halogens is 1. The maximum Gasteiger partial charge on any atom is 0.250 e. The van der Waals surface area contributed by atoms with Gasteiger partial charge in [0, 0.05) is 42.8 Å². The first-order valence-corrected chi connectivity index (χ1v) is 5.75. The summed E-state index contributed by atoms with van der Waals surface area (Å²) >= 11 is 3.27. The van der Waals surface area contributed by atoms with E-state index in [1.165, 1.54) is 10.6 Å². The minimum Gasteiger partial charge on any atom is -0.355 e. The van der Waals surface area contributed by atoms with E-state index >= 15 is 0 Å². The SMILES string of the molecule is NCCNC(=O)CCn1cc(Br)ccc1=O. The summed E-state index contributed by atoms with van der Waals surface area (Å²) in [5.74, 6) is -0.0997. The highest BCUT2D eigenvalue weighted by molar-refractivity contribution is 9.10. The molecular formula is C10H14BrN3O2. The number of nitrogens with one attached hydrogen (secondary N) is 1. The molecule has 1 rings (SSSR count). The van der Waals surface area contributed by atoms with Crippen molar-refractivity contribution in [2.45, 2.75) is 13.0 Å². The van der Waals surface area contributed by atoms with Crippen molar-refractivity contribution < 1.29 is 4.79 Å². The summed E-state index contributed by atoms with van der Waals surface area (Å²) in [4.78, 5) is 22.7. The van der Waals surface area contributed by atoms with E-state index in [4.69, 9.17) is 5.73 Å². The van der Waals surface area contributed by atoms with Gasteiger partial charge in [0.15, 0.2) is 0 Å². The zero-order chi connectivity index (χ0) is 12.0. The molecule has 0 radical (unpaired) electrons. The number of hydrogen-bond acceptors (Lipinski definition) is 3. The summed E-state index contributed by atoms with van der Waals surface area (Å²) in [5, 5.41) is 2.65. The van der Waals surface area contributed by atoms with Crippen molar-refractivity contribution >= 4 is 21.8 Å². The average Bonchev–Trinajstić information content (AvgIpc) is 2.27. The Morgan fingerprint density at radius 1 is 1.50 bits per heavy atom. The first kappa shape index (κ1) is 12.9. The molecule has 3 N–H and O–H groups in total. The molecule has 1 aromatic rings. The summed E-state index contributed by atoms with van der Waals surface area (Å²) < 4.78 is 2.31. The molecule has 0 fully saturated rings. The number of nitrogens with two attached hydrogens (primary N) is 1. The number of hydrogen-bond donors (Lipinski definition) is 2. The fourth-order valence-corrected chi connectivity index (χ4v) is 1.58. The summed E-state index contributed by atoms with van der Waals surface area (Å²) in [5.41, 5.74) is 5.14. The predicted molar refractivity (Wildman–Crippen MR) is 65.1 cm³/mol. The molecule has 1 aromatic heterocycles. The lowest BCUT2D eigenvalue weighted by atomic mass is 10.3. The lowest BCUT2D eigenvalue weighted by molar-refractivity contribution is -0.121. The van der Waals surface area contributed by atoms with Crippen molar-refractivity contribution in [1.82, 2.24) is 9.88 Å². The molecule has 0 unspecified atom stereocenters. The molecule has 88 valence electrons. The molecule has 1 heterocycles. The second kappa shape index (κ2) is 6.44. The molecule has 0 saturated carbocycles. The molecule has 0 saturated heterocycles. The Bertz CT molecular complexity index is 417. The molecule has 16 heavy (non-hydrogen) atoms. The molecule has 0 atom stereocenters. The molecule has 0 aromatic carbocycles. The van der Waals surface area contributed by atoms with Crippen molar-refractivity contribution in [2.24, 2.45) is 5.73 Å². The highest BCUT2D eigenvalue weighted by Crippen LogP contribution is 2.04. The molecule has 0 aliphatic heterocycles. The van der Waals surface area contributed by atoms with Crippen LogP contribution in [0.25, 0.3) is 0 Å². The van der Waals surface area contributed by atoms with Gasteiger partial charge >= 0.3 is 0 Å². The van der Waals surface area contributed by atoms with Gasteiger partial charge in [-0.15, -0.1) is 0 Å². The third-order valence-corrected chi connectivity index (χ3v) is 2.46. The summed E-state index contributed by atoms with van der Waals surface area (Å²) in [6.45, 7) is 1.25. The van der Waals surface area contributed by atoms with Crippen LogP contribution >= 0.6 is 15.9 Å². The van der Waals surface area contributed by atoms with Gasteiger partial charge < -0.3 is 15.6 Å². The van der Waals surface area contributed by atoms with E-state index in [1.54, 1.807) is 12.3 Å². The van der Waals surface area contributed by atoms with Crippen molar-refractivity contribution in [1.29, 1.82) is 0 Å². The topological polar surface area (TPSA) is 77.1 Å². The minimum atomic E-state index is -0.116. The zero-order valence-corrected chi connectivity index (χ0v) is 10.4. The number of amides is 1. The molecule has 1 amide bonds. The van der Waals surface area contributed by atoms with Crippen LogP contribution in [0.5, 0.6) is 0 Å². The van der Waals surface area contributed by atoms with E-state index in [-0.39, 0.29) is 17.9 Å². The Balaban J connectivity index is 2.51. The average molecular weight is 288 g/mol. The Morgan fingerprint density at radius 3 is 2.94 bits per heavy atom. The van der Waals surface area contributed by atoms with E-state index in [2.05, 4.69) is 21.2 Å². The van der Waals surface area contributed by atoms with E-state index < -0.39 is 0 Å². The number of nitrogens with zero attached hydrogens (tertiary/aromatic N) is 1. The van der Waals surface area contributed by atoms with Crippen LogP contribution in [0.3, 0.4) is 0 Å². The van der Waals surface area contributed by atoms with Crippen LogP contribution in [0.1, 0.15) is 6.42 Å². The number of aryl methyl sites for hydroxylation is 1. The molecule has 0 bridgehead atoms.